The molecule has 0 aliphatic rings. The fourth-order valence-corrected chi connectivity index (χ4v) is 1.22. The van der Waals surface area contributed by atoms with Gasteiger partial charge in [0.25, 0.3) is 0 Å². The van der Waals surface area contributed by atoms with Gasteiger partial charge in [-0.15, -0.1) is 0 Å². The van der Waals surface area contributed by atoms with Crippen molar-refractivity contribution in [2.45, 2.75) is 0 Å². The maximum atomic E-state index is 12.5. The summed E-state index contributed by atoms with van der Waals surface area (Å²) < 4.78 is 12.5. The molecule has 48 valence electrons. The maximum Gasteiger partial charge on any atom is 0.109 e. The monoisotopic (exact) mass is 142 g/mol. The summed E-state index contributed by atoms with van der Waals surface area (Å²) in [5.74, 6) is 0. The van der Waals surface area contributed by atoms with Crippen LogP contribution < -0.4 is 5.30 Å². The standard InChI is InChI=1S/C7H8FP/c1-9(8)7-5-3-2-4-6-7/h2-6H,1H3. The second kappa shape index (κ2) is 2.93. The number of hydrogen-bond acceptors (Lipinski definition) is 0. The summed E-state index contributed by atoms with van der Waals surface area (Å²) in [4.78, 5) is 0. The van der Waals surface area contributed by atoms with E-state index in [1.54, 1.807) is 6.66 Å². The molecule has 0 amide bonds. The van der Waals surface area contributed by atoms with Crippen LogP contribution in [0.25, 0.3) is 0 Å². The van der Waals surface area contributed by atoms with E-state index in [-0.39, 0.29) is 0 Å². The van der Waals surface area contributed by atoms with Crippen LogP contribution in [0.3, 0.4) is 0 Å². The lowest BCUT2D eigenvalue weighted by atomic mass is 10.4. The molecule has 1 atom stereocenters. The van der Waals surface area contributed by atoms with Crippen LogP contribution in [-0.4, -0.2) is 6.66 Å². The molecule has 0 nitrogen and oxygen atoms in total. The van der Waals surface area contributed by atoms with Gasteiger partial charge in [0.15, 0.2) is 0 Å². The van der Waals surface area contributed by atoms with Gasteiger partial charge in [-0.05, 0) is 6.66 Å². The van der Waals surface area contributed by atoms with Crippen molar-refractivity contribution in [1.29, 1.82) is 0 Å². The van der Waals surface area contributed by atoms with Gasteiger partial charge in [-0.1, -0.05) is 30.3 Å². The Hall–Kier alpha value is -0.420. The van der Waals surface area contributed by atoms with Crippen LogP contribution in [0.15, 0.2) is 30.3 Å². The van der Waals surface area contributed by atoms with Crippen LogP contribution in [0.5, 0.6) is 0 Å². The van der Waals surface area contributed by atoms with Crippen LogP contribution in [0.1, 0.15) is 0 Å². The van der Waals surface area contributed by atoms with Gasteiger partial charge in [-0.25, -0.2) is 4.20 Å². The first-order chi connectivity index (χ1) is 4.30. The molecule has 0 saturated heterocycles. The molecule has 1 unspecified atom stereocenters. The lowest BCUT2D eigenvalue weighted by Gasteiger charge is -1.97. The third-order valence-electron chi connectivity index (χ3n) is 1.11. The lowest BCUT2D eigenvalue weighted by Crippen LogP contribution is -1.93. The van der Waals surface area contributed by atoms with Gasteiger partial charge in [0.1, 0.15) is 8.23 Å². The highest BCUT2D eigenvalue weighted by atomic mass is 31.2. The van der Waals surface area contributed by atoms with E-state index >= 15 is 0 Å². The molecule has 1 rings (SSSR count). The summed E-state index contributed by atoms with van der Waals surface area (Å²) in [7, 11) is -1.40. The topological polar surface area (TPSA) is 0 Å². The second-order valence-corrected chi connectivity index (χ2v) is 3.28. The highest BCUT2D eigenvalue weighted by Crippen LogP contribution is 2.29. The second-order valence-electron chi connectivity index (χ2n) is 1.81. The molecular formula is C7H8FP. The minimum atomic E-state index is -1.40. The van der Waals surface area contributed by atoms with E-state index in [1.807, 2.05) is 30.3 Å². The minimum absolute atomic E-state index is 0.813. The molecule has 0 fully saturated rings. The summed E-state index contributed by atoms with van der Waals surface area (Å²) >= 11 is 0. The summed E-state index contributed by atoms with van der Waals surface area (Å²) in [6.45, 7) is 1.60. The third kappa shape index (κ3) is 1.76. The number of halogens is 1. The van der Waals surface area contributed by atoms with E-state index in [1.165, 1.54) is 0 Å². The molecule has 0 heterocycles. The summed E-state index contributed by atoms with van der Waals surface area (Å²) in [6.07, 6.45) is 0. The summed E-state index contributed by atoms with van der Waals surface area (Å²) in [6, 6.07) is 9.22. The fraction of sp³-hybridized carbons (Fsp3) is 0.143. The Morgan fingerprint density at radius 1 is 1.22 bits per heavy atom. The number of benzene rings is 1. The zero-order chi connectivity index (χ0) is 6.69. The van der Waals surface area contributed by atoms with Crippen molar-refractivity contribution in [3.8, 4) is 0 Å². The molecule has 0 aromatic heterocycles. The lowest BCUT2D eigenvalue weighted by molar-refractivity contribution is 0.911. The van der Waals surface area contributed by atoms with Gasteiger partial charge >= 0.3 is 0 Å². The van der Waals surface area contributed by atoms with Crippen LogP contribution in [0, 0.1) is 0 Å². The fourth-order valence-electron chi connectivity index (χ4n) is 0.633. The molecule has 9 heavy (non-hydrogen) atoms. The SMILES string of the molecule is CP(F)c1ccccc1. The zero-order valence-electron chi connectivity index (χ0n) is 5.21. The third-order valence-corrected chi connectivity index (χ3v) is 2.12. The van der Waals surface area contributed by atoms with Crippen molar-refractivity contribution in [3.05, 3.63) is 30.3 Å². The zero-order valence-corrected chi connectivity index (χ0v) is 6.11. The minimum Gasteiger partial charge on any atom is -0.222 e. The van der Waals surface area contributed by atoms with Gasteiger partial charge < -0.3 is 0 Å². The highest BCUT2D eigenvalue weighted by Gasteiger charge is 1.98. The molecule has 2 heteroatoms. The van der Waals surface area contributed by atoms with Crippen molar-refractivity contribution < 1.29 is 4.20 Å². The Morgan fingerprint density at radius 3 is 2.11 bits per heavy atom. The van der Waals surface area contributed by atoms with Crippen molar-refractivity contribution in [1.82, 2.24) is 0 Å². The molecule has 1 aromatic rings. The quantitative estimate of drug-likeness (QED) is 0.528. The van der Waals surface area contributed by atoms with E-state index in [0.29, 0.717) is 0 Å². The maximum absolute atomic E-state index is 12.5. The van der Waals surface area contributed by atoms with Gasteiger partial charge in [-0.2, -0.15) is 0 Å². The Bertz CT molecular complexity index is 172. The van der Waals surface area contributed by atoms with Crippen LogP contribution in [0.4, 0.5) is 4.20 Å². The average Bonchev–Trinajstić information content (AvgIpc) is 1.90. The van der Waals surface area contributed by atoms with Crippen LogP contribution >= 0.6 is 8.23 Å². The Kier molecular flexibility index (Phi) is 2.18. The van der Waals surface area contributed by atoms with E-state index < -0.39 is 8.23 Å². The summed E-state index contributed by atoms with van der Waals surface area (Å²) in [5, 5.41) is 0.813. The summed E-state index contributed by atoms with van der Waals surface area (Å²) in [5.41, 5.74) is 0. The first kappa shape index (κ1) is 6.70. The molecule has 0 radical (unpaired) electrons. The molecule has 0 spiro atoms. The smallest absolute Gasteiger partial charge is 0.109 e. The molecule has 0 N–H and O–H groups in total. The predicted molar refractivity (Wildman–Crippen MR) is 40.0 cm³/mol. The Morgan fingerprint density at radius 2 is 1.78 bits per heavy atom. The average molecular weight is 142 g/mol. The van der Waals surface area contributed by atoms with Crippen molar-refractivity contribution >= 4 is 13.5 Å². The van der Waals surface area contributed by atoms with Crippen molar-refractivity contribution in [3.63, 3.8) is 0 Å². The molecule has 1 aromatic carbocycles. The molecular weight excluding hydrogens is 134 g/mol. The van der Waals surface area contributed by atoms with Gasteiger partial charge in [0.05, 0.1) is 0 Å². The number of rotatable bonds is 1. The molecule has 0 bridgehead atoms. The van der Waals surface area contributed by atoms with Crippen LogP contribution in [-0.2, 0) is 0 Å². The highest BCUT2D eigenvalue weighted by molar-refractivity contribution is 7.59. The van der Waals surface area contributed by atoms with Crippen molar-refractivity contribution in [2.75, 3.05) is 6.66 Å². The first-order valence-electron chi connectivity index (χ1n) is 2.75. The van der Waals surface area contributed by atoms with Crippen molar-refractivity contribution in [2.24, 2.45) is 0 Å². The van der Waals surface area contributed by atoms with E-state index in [4.69, 9.17) is 0 Å². The number of hydrogen-bond donors (Lipinski definition) is 0. The Labute approximate surface area is 55.6 Å². The molecule has 0 aliphatic heterocycles. The first-order valence-corrected chi connectivity index (χ1v) is 4.43. The molecule has 0 aliphatic carbocycles. The van der Waals surface area contributed by atoms with E-state index in [2.05, 4.69) is 0 Å². The van der Waals surface area contributed by atoms with Crippen LogP contribution in [0.2, 0.25) is 0 Å². The van der Waals surface area contributed by atoms with Gasteiger partial charge in [0, 0.05) is 5.30 Å². The van der Waals surface area contributed by atoms with E-state index in [9.17, 15) is 4.20 Å². The largest absolute Gasteiger partial charge is 0.222 e. The van der Waals surface area contributed by atoms with E-state index in [0.717, 1.165) is 5.30 Å². The normalized spacial score (nSPS) is 13.1. The molecule has 0 saturated carbocycles. The van der Waals surface area contributed by atoms with Gasteiger partial charge in [0.2, 0.25) is 0 Å². The Balaban J connectivity index is 2.85. The van der Waals surface area contributed by atoms with Gasteiger partial charge in [-0.3, -0.25) is 0 Å². The predicted octanol–water partition coefficient (Wildman–Crippen LogP) is 2.31.